The van der Waals surface area contributed by atoms with Gasteiger partial charge < -0.3 is 10.2 Å². The quantitative estimate of drug-likeness (QED) is 0.639. The zero-order valence-electron chi connectivity index (χ0n) is 13.1. The Morgan fingerprint density at radius 3 is 2.84 bits per heavy atom. The van der Waals surface area contributed by atoms with Crippen molar-refractivity contribution in [1.29, 1.82) is 0 Å². The first-order valence-corrected chi connectivity index (χ1v) is 9.08. The van der Waals surface area contributed by atoms with Gasteiger partial charge in [0.15, 0.2) is 5.82 Å². The van der Waals surface area contributed by atoms with Gasteiger partial charge >= 0.3 is 0 Å². The zero-order valence-corrected chi connectivity index (χ0v) is 14.7. The van der Waals surface area contributed by atoms with Crippen molar-refractivity contribution in [2.24, 2.45) is 0 Å². The Balaban J connectivity index is 1.72. The molecule has 2 fully saturated rings. The first-order valence-electron chi connectivity index (χ1n) is 7.86. The molecule has 0 unspecified atom stereocenters. The molecule has 128 valence electrons. The molecule has 1 N–H and O–H groups in total. The molecule has 1 amide bonds. The predicted molar refractivity (Wildman–Crippen MR) is 100.0 cm³/mol. The average molecular weight is 375 g/mol. The second-order valence-corrected chi connectivity index (χ2v) is 7.53. The topological polar surface area (TPSA) is 71.0 Å². The first-order chi connectivity index (χ1) is 12.1. The molecule has 0 saturated carbocycles. The van der Waals surface area contributed by atoms with Gasteiger partial charge in [-0.05, 0) is 31.1 Å². The third kappa shape index (κ3) is 3.34. The molecule has 2 aliphatic rings. The van der Waals surface area contributed by atoms with Crippen molar-refractivity contribution in [3.8, 4) is 0 Å². The van der Waals surface area contributed by atoms with Crippen LogP contribution in [-0.4, -0.2) is 44.4 Å². The van der Waals surface area contributed by atoms with Crippen molar-refractivity contribution < 1.29 is 9.18 Å². The lowest BCUT2D eigenvalue weighted by molar-refractivity contribution is -0.115. The van der Waals surface area contributed by atoms with E-state index < -0.39 is 6.17 Å². The van der Waals surface area contributed by atoms with Crippen LogP contribution in [0.4, 0.5) is 10.2 Å². The van der Waals surface area contributed by atoms with Crippen LogP contribution in [0.5, 0.6) is 0 Å². The van der Waals surface area contributed by atoms with Gasteiger partial charge in [-0.2, -0.15) is 0 Å². The number of thiocarbonyl (C=S) groups is 1. The van der Waals surface area contributed by atoms with Crippen molar-refractivity contribution in [2.45, 2.75) is 19.0 Å². The van der Waals surface area contributed by atoms with Crippen LogP contribution in [-0.2, 0) is 4.79 Å². The number of amides is 1. The van der Waals surface area contributed by atoms with Crippen LogP contribution >= 0.6 is 24.0 Å². The molecule has 0 aromatic carbocycles. The Kier molecular flexibility index (Phi) is 4.34. The van der Waals surface area contributed by atoms with E-state index in [9.17, 15) is 9.18 Å². The molecule has 2 aromatic rings. The molecule has 6 nitrogen and oxygen atoms in total. The summed E-state index contributed by atoms with van der Waals surface area (Å²) in [7, 11) is 0. The van der Waals surface area contributed by atoms with Crippen molar-refractivity contribution in [3.63, 3.8) is 0 Å². The number of aromatic nitrogens is 3. The minimum absolute atomic E-state index is 0.216. The fourth-order valence-electron chi connectivity index (χ4n) is 2.87. The molecule has 4 heterocycles. The van der Waals surface area contributed by atoms with Gasteiger partial charge in [-0.3, -0.25) is 4.79 Å². The van der Waals surface area contributed by atoms with E-state index in [1.165, 1.54) is 18.1 Å². The van der Waals surface area contributed by atoms with E-state index in [2.05, 4.69) is 20.3 Å². The Morgan fingerprint density at radius 2 is 2.12 bits per heavy atom. The lowest BCUT2D eigenvalue weighted by Gasteiger charge is -2.29. The molecule has 2 aromatic heterocycles. The number of carbonyl (C=O) groups excluding carboxylic acids is 1. The number of hydrogen-bond donors (Lipinski definition) is 1. The molecular weight excluding hydrogens is 361 g/mol. The lowest BCUT2D eigenvalue weighted by Crippen LogP contribution is -2.35. The molecule has 25 heavy (non-hydrogen) atoms. The van der Waals surface area contributed by atoms with Gasteiger partial charge in [0.25, 0.3) is 5.91 Å². The number of hydrogen-bond acceptors (Lipinski definition) is 7. The number of anilines is 1. The summed E-state index contributed by atoms with van der Waals surface area (Å²) in [5, 5.41) is 2.58. The van der Waals surface area contributed by atoms with E-state index in [1.807, 2.05) is 11.0 Å². The number of rotatable bonds is 2. The molecule has 2 aliphatic heterocycles. The fourth-order valence-corrected chi connectivity index (χ4v) is 3.90. The number of fused-ring (bicyclic) bond motifs is 1. The molecule has 0 radical (unpaired) electrons. The number of nitrogens with one attached hydrogen (secondary N) is 1. The number of thioether (sulfide) groups is 1. The summed E-state index contributed by atoms with van der Waals surface area (Å²) >= 11 is 6.21. The van der Waals surface area contributed by atoms with Gasteiger partial charge in [-0.15, -0.1) is 0 Å². The maximum atomic E-state index is 13.4. The van der Waals surface area contributed by atoms with E-state index in [4.69, 9.17) is 12.2 Å². The minimum Gasteiger partial charge on any atom is -0.354 e. The van der Waals surface area contributed by atoms with Crippen LogP contribution in [0.25, 0.3) is 17.1 Å². The number of nitrogens with zero attached hydrogens (tertiary/aromatic N) is 4. The summed E-state index contributed by atoms with van der Waals surface area (Å²) < 4.78 is 13.9. The summed E-state index contributed by atoms with van der Waals surface area (Å²) in [5.41, 5.74) is 2.00. The van der Waals surface area contributed by atoms with E-state index >= 15 is 0 Å². The standard InChI is InChI=1S/C16H14FN5OS2/c17-9-3-5-22(6-4-9)14-13-11(18-8-19-14)2-1-10(20-13)7-12-15(23)21-16(24)25-12/h1-2,7-9H,3-6H2,(H,21,23,24). The molecule has 2 saturated heterocycles. The normalized spacial score (nSPS) is 20.5. The van der Waals surface area contributed by atoms with E-state index in [0.717, 1.165) is 0 Å². The number of halogens is 1. The van der Waals surface area contributed by atoms with Crippen LogP contribution in [0.2, 0.25) is 0 Å². The van der Waals surface area contributed by atoms with Gasteiger partial charge in [0.1, 0.15) is 22.3 Å². The highest BCUT2D eigenvalue weighted by molar-refractivity contribution is 8.26. The second-order valence-electron chi connectivity index (χ2n) is 5.82. The maximum absolute atomic E-state index is 13.4. The Hall–Kier alpha value is -2.13. The van der Waals surface area contributed by atoms with Gasteiger partial charge in [-0.25, -0.2) is 19.3 Å². The van der Waals surface area contributed by atoms with Crippen molar-refractivity contribution in [2.75, 3.05) is 18.0 Å². The highest BCUT2D eigenvalue weighted by Gasteiger charge is 2.23. The van der Waals surface area contributed by atoms with Crippen molar-refractivity contribution in [1.82, 2.24) is 20.3 Å². The summed E-state index contributed by atoms with van der Waals surface area (Å²) in [6.07, 6.45) is 3.42. The highest BCUT2D eigenvalue weighted by Crippen LogP contribution is 2.28. The molecular formula is C16H14FN5OS2. The van der Waals surface area contributed by atoms with E-state index in [1.54, 1.807) is 12.1 Å². The van der Waals surface area contributed by atoms with Crippen LogP contribution in [0.15, 0.2) is 23.4 Å². The van der Waals surface area contributed by atoms with Crippen molar-refractivity contribution in [3.05, 3.63) is 29.1 Å². The predicted octanol–water partition coefficient (Wildman–Crippen LogP) is 2.45. The van der Waals surface area contributed by atoms with E-state index in [-0.39, 0.29) is 5.91 Å². The first kappa shape index (κ1) is 16.3. The monoisotopic (exact) mass is 375 g/mol. The molecule has 9 heteroatoms. The molecule has 0 bridgehead atoms. The van der Waals surface area contributed by atoms with Gasteiger partial charge in [0.05, 0.1) is 16.1 Å². The Bertz CT molecular complexity index is 895. The molecule has 0 aliphatic carbocycles. The smallest absolute Gasteiger partial charge is 0.263 e. The SMILES string of the molecule is O=C1NC(=S)SC1=Cc1ccc2ncnc(N3CCC(F)CC3)c2n1. The maximum Gasteiger partial charge on any atom is 0.263 e. The molecule has 4 rings (SSSR count). The average Bonchev–Trinajstić information content (AvgIpc) is 2.92. The van der Waals surface area contributed by atoms with Crippen LogP contribution in [0.3, 0.4) is 0 Å². The van der Waals surface area contributed by atoms with Gasteiger partial charge in [0.2, 0.25) is 0 Å². The number of alkyl halides is 1. The van der Waals surface area contributed by atoms with Crippen LogP contribution in [0, 0.1) is 0 Å². The number of carbonyl (C=O) groups is 1. The summed E-state index contributed by atoms with van der Waals surface area (Å²) in [6.45, 7) is 1.21. The summed E-state index contributed by atoms with van der Waals surface area (Å²) in [5.74, 6) is 0.489. The van der Waals surface area contributed by atoms with Gasteiger partial charge in [0, 0.05) is 13.1 Å². The Labute approximate surface area is 152 Å². The van der Waals surface area contributed by atoms with Crippen molar-refractivity contribution >= 4 is 57.1 Å². The third-order valence-electron chi connectivity index (χ3n) is 4.13. The highest BCUT2D eigenvalue weighted by atomic mass is 32.2. The second kappa shape index (κ2) is 6.64. The summed E-state index contributed by atoms with van der Waals surface area (Å²) in [6, 6.07) is 3.65. The van der Waals surface area contributed by atoms with Crippen LogP contribution in [0.1, 0.15) is 18.5 Å². The zero-order chi connectivity index (χ0) is 17.4. The molecule has 0 atom stereocenters. The van der Waals surface area contributed by atoms with Crippen LogP contribution < -0.4 is 10.2 Å². The summed E-state index contributed by atoms with van der Waals surface area (Å²) in [4.78, 5) is 27.6. The number of piperidine rings is 1. The fraction of sp³-hybridized carbons (Fsp3) is 0.312. The largest absolute Gasteiger partial charge is 0.354 e. The van der Waals surface area contributed by atoms with Gasteiger partial charge in [-0.1, -0.05) is 24.0 Å². The molecule has 0 spiro atoms. The minimum atomic E-state index is -0.751. The third-order valence-corrected chi connectivity index (χ3v) is 5.29. The number of pyridine rings is 1. The van der Waals surface area contributed by atoms with E-state index in [0.29, 0.717) is 57.7 Å². The Morgan fingerprint density at radius 1 is 1.32 bits per heavy atom. The lowest BCUT2D eigenvalue weighted by atomic mass is 10.1.